The quantitative estimate of drug-likeness (QED) is 0.799. The van der Waals surface area contributed by atoms with Crippen LogP contribution in [0.25, 0.3) is 10.9 Å². The largest absolute Gasteiger partial charge is 0.367 e. The summed E-state index contributed by atoms with van der Waals surface area (Å²) in [5, 5.41) is 4.19. The molecule has 1 fully saturated rings. The first-order chi connectivity index (χ1) is 11.8. The third-order valence-electron chi connectivity index (χ3n) is 4.30. The zero-order chi connectivity index (χ0) is 16.4. The van der Waals surface area contributed by atoms with E-state index in [2.05, 4.69) is 30.2 Å². The predicted molar refractivity (Wildman–Crippen MR) is 90.4 cm³/mol. The van der Waals surface area contributed by atoms with Gasteiger partial charge in [0.15, 0.2) is 0 Å². The summed E-state index contributed by atoms with van der Waals surface area (Å²) in [7, 11) is 0. The molecule has 24 heavy (non-hydrogen) atoms. The van der Waals surface area contributed by atoms with E-state index < -0.39 is 0 Å². The molecule has 0 aliphatic carbocycles. The van der Waals surface area contributed by atoms with Crippen molar-refractivity contribution in [2.45, 2.75) is 18.9 Å². The molecule has 3 heterocycles. The standard InChI is InChI=1S/C17H17FN6/c18-12-1-2-15-14(9-12)17(22-11-20-15)24-7-4-13(5-8-24)23-16-3-6-19-10-21-16/h1-3,6,9-11,13H,4-5,7-8H2,(H,19,21,23). The van der Waals surface area contributed by atoms with E-state index in [-0.39, 0.29) is 5.82 Å². The molecule has 0 atom stereocenters. The van der Waals surface area contributed by atoms with E-state index in [1.165, 1.54) is 12.1 Å². The molecule has 0 radical (unpaired) electrons. The summed E-state index contributed by atoms with van der Waals surface area (Å²) >= 11 is 0. The summed E-state index contributed by atoms with van der Waals surface area (Å²) in [6.07, 6.45) is 6.74. The first-order valence-electron chi connectivity index (χ1n) is 7.97. The van der Waals surface area contributed by atoms with Gasteiger partial charge in [0.1, 0.15) is 30.1 Å². The second kappa shape index (κ2) is 6.35. The molecular weight excluding hydrogens is 307 g/mol. The Balaban J connectivity index is 1.49. The number of halogens is 1. The summed E-state index contributed by atoms with van der Waals surface area (Å²) < 4.78 is 13.6. The van der Waals surface area contributed by atoms with Crippen LogP contribution in [0.2, 0.25) is 0 Å². The molecule has 4 rings (SSSR count). The molecule has 2 aromatic heterocycles. The second-order valence-electron chi connectivity index (χ2n) is 5.86. The highest BCUT2D eigenvalue weighted by Gasteiger charge is 2.22. The lowest BCUT2D eigenvalue weighted by Crippen LogP contribution is -2.39. The molecule has 122 valence electrons. The molecule has 0 unspecified atom stereocenters. The maximum atomic E-state index is 13.6. The molecule has 6 nitrogen and oxygen atoms in total. The minimum atomic E-state index is -0.265. The summed E-state index contributed by atoms with van der Waals surface area (Å²) in [6.45, 7) is 1.71. The molecule has 0 saturated carbocycles. The van der Waals surface area contributed by atoms with Gasteiger partial charge in [0.25, 0.3) is 0 Å². The van der Waals surface area contributed by atoms with Crippen LogP contribution in [0.3, 0.4) is 0 Å². The van der Waals surface area contributed by atoms with E-state index in [1.54, 1.807) is 24.9 Å². The second-order valence-corrected chi connectivity index (χ2v) is 5.86. The summed E-state index contributed by atoms with van der Waals surface area (Å²) in [5.74, 6) is 1.39. The highest BCUT2D eigenvalue weighted by Crippen LogP contribution is 2.26. The molecule has 3 aromatic rings. The van der Waals surface area contributed by atoms with Crippen LogP contribution in [0.5, 0.6) is 0 Å². The Labute approximate surface area is 138 Å². The molecular formula is C17H17FN6. The number of hydrogen-bond donors (Lipinski definition) is 1. The maximum Gasteiger partial charge on any atom is 0.139 e. The van der Waals surface area contributed by atoms with Crippen molar-refractivity contribution >= 4 is 22.5 Å². The van der Waals surface area contributed by atoms with Gasteiger partial charge >= 0.3 is 0 Å². The SMILES string of the molecule is Fc1ccc2ncnc(N3CCC(Nc4ccncn4)CC3)c2c1. The molecule has 7 heteroatoms. The smallest absolute Gasteiger partial charge is 0.139 e. The van der Waals surface area contributed by atoms with Crippen LogP contribution in [0.4, 0.5) is 16.0 Å². The average Bonchev–Trinajstić information content (AvgIpc) is 2.63. The Hall–Kier alpha value is -2.83. The van der Waals surface area contributed by atoms with Crippen LogP contribution in [-0.2, 0) is 0 Å². The number of hydrogen-bond acceptors (Lipinski definition) is 6. The van der Waals surface area contributed by atoms with Gasteiger partial charge in [0, 0.05) is 30.7 Å². The average molecular weight is 324 g/mol. The number of rotatable bonds is 3. The van der Waals surface area contributed by atoms with E-state index in [0.29, 0.717) is 6.04 Å². The van der Waals surface area contributed by atoms with E-state index in [1.807, 2.05) is 6.07 Å². The Morgan fingerprint density at radius 2 is 1.92 bits per heavy atom. The van der Waals surface area contributed by atoms with Crippen molar-refractivity contribution in [3.05, 3.63) is 48.9 Å². The molecule has 0 bridgehead atoms. The Morgan fingerprint density at radius 3 is 2.71 bits per heavy atom. The van der Waals surface area contributed by atoms with Crippen molar-refractivity contribution < 1.29 is 4.39 Å². The summed E-state index contributed by atoms with van der Waals surface area (Å²) in [4.78, 5) is 18.9. The Kier molecular flexibility index (Phi) is 3.90. The zero-order valence-electron chi connectivity index (χ0n) is 13.1. The number of anilines is 2. The number of fused-ring (bicyclic) bond motifs is 1. The molecule has 0 amide bonds. The van der Waals surface area contributed by atoms with Crippen molar-refractivity contribution in [1.29, 1.82) is 0 Å². The normalized spacial score (nSPS) is 15.6. The lowest BCUT2D eigenvalue weighted by Gasteiger charge is -2.33. The van der Waals surface area contributed by atoms with Crippen molar-refractivity contribution in [3.63, 3.8) is 0 Å². The zero-order valence-corrected chi connectivity index (χ0v) is 13.1. The fourth-order valence-corrected chi connectivity index (χ4v) is 3.09. The Morgan fingerprint density at radius 1 is 1.04 bits per heavy atom. The van der Waals surface area contributed by atoms with Crippen LogP contribution in [-0.4, -0.2) is 39.1 Å². The van der Waals surface area contributed by atoms with Crippen LogP contribution < -0.4 is 10.2 Å². The van der Waals surface area contributed by atoms with Crippen LogP contribution >= 0.6 is 0 Å². The predicted octanol–water partition coefficient (Wildman–Crippen LogP) is 2.64. The highest BCUT2D eigenvalue weighted by molar-refractivity contribution is 5.89. The topological polar surface area (TPSA) is 66.8 Å². The number of nitrogens with zero attached hydrogens (tertiary/aromatic N) is 5. The molecule has 1 aromatic carbocycles. The summed E-state index contributed by atoms with van der Waals surface area (Å²) in [6, 6.07) is 6.86. The minimum Gasteiger partial charge on any atom is -0.367 e. The van der Waals surface area contributed by atoms with E-state index >= 15 is 0 Å². The van der Waals surface area contributed by atoms with Gasteiger partial charge in [-0.25, -0.2) is 24.3 Å². The molecule has 1 aliphatic heterocycles. The van der Waals surface area contributed by atoms with Crippen LogP contribution in [0, 0.1) is 5.82 Å². The summed E-state index contributed by atoms with van der Waals surface area (Å²) in [5.41, 5.74) is 0.766. The molecule has 1 aliphatic rings. The fourth-order valence-electron chi connectivity index (χ4n) is 3.09. The fraction of sp³-hybridized carbons (Fsp3) is 0.294. The highest BCUT2D eigenvalue weighted by atomic mass is 19.1. The third-order valence-corrected chi connectivity index (χ3v) is 4.30. The van der Waals surface area contributed by atoms with Gasteiger partial charge in [-0.1, -0.05) is 0 Å². The van der Waals surface area contributed by atoms with E-state index in [4.69, 9.17) is 0 Å². The lowest BCUT2D eigenvalue weighted by molar-refractivity contribution is 0.523. The third kappa shape index (κ3) is 2.97. The van der Waals surface area contributed by atoms with Crippen LogP contribution in [0.1, 0.15) is 12.8 Å². The van der Waals surface area contributed by atoms with E-state index in [0.717, 1.165) is 48.5 Å². The van der Waals surface area contributed by atoms with Crippen molar-refractivity contribution in [1.82, 2.24) is 19.9 Å². The molecule has 1 saturated heterocycles. The molecule has 0 spiro atoms. The first-order valence-corrected chi connectivity index (χ1v) is 7.97. The first kappa shape index (κ1) is 14.7. The number of piperidine rings is 1. The van der Waals surface area contributed by atoms with Gasteiger partial charge in [-0.3, -0.25) is 0 Å². The lowest BCUT2D eigenvalue weighted by atomic mass is 10.0. The van der Waals surface area contributed by atoms with Crippen LogP contribution in [0.15, 0.2) is 43.1 Å². The minimum absolute atomic E-state index is 0.265. The van der Waals surface area contributed by atoms with Gasteiger partial charge in [0.05, 0.1) is 5.52 Å². The van der Waals surface area contributed by atoms with Crippen molar-refractivity contribution in [2.24, 2.45) is 0 Å². The van der Waals surface area contributed by atoms with Gasteiger partial charge in [-0.15, -0.1) is 0 Å². The Bertz CT molecular complexity index is 833. The number of benzene rings is 1. The van der Waals surface area contributed by atoms with Gasteiger partial charge in [-0.05, 0) is 37.1 Å². The number of aromatic nitrogens is 4. The van der Waals surface area contributed by atoms with Crippen molar-refractivity contribution in [3.8, 4) is 0 Å². The van der Waals surface area contributed by atoms with Crippen molar-refractivity contribution in [2.75, 3.05) is 23.3 Å². The van der Waals surface area contributed by atoms with Gasteiger partial charge in [-0.2, -0.15) is 0 Å². The van der Waals surface area contributed by atoms with E-state index in [9.17, 15) is 4.39 Å². The number of nitrogens with one attached hydrogen (secondary N) is 1. The monoisotopic (exact) mass is 324 g/mol. The maximum absolute atomic E-state index is 13.6. The van der Waals surface area contributed by atoms with Gasteiger partial charge < -0.3 is 10.2 Å². The molecule has 1 N–H and O–H groups in total. The van der Waals surface area contributed by atoms with Gasteiger partial charge in [0.2, 0.25) is 0 Å².